The van der Waals surface area contributed by atoms with Gasteiger partial charge in [0.1, 0.15) is 10.5 Å². The summed E-state index contributed by atoms with van der Waals surface area (Å²) in [7, 11) is -2.92. The van der Waals surface area contributed by atoms with E-state index in [1.807, 2.05) is 22.6 Å². The first-order chi connectivity index (χ1) is 17.9. The molecule has 0 aromatic heterocycles. The Balaban J connectivity index is 1.72. The highest BCUT2D eigenvalue weighted by Crippen LogP contribution is 2.37. The molecule has 9 nitrogen and oxygen atoms in total. The second kappa shape index (κ2) is 10.9. The second-order valence-electron chi connectivity index (χ2n) is 7.91. The molecule has 0 aliphatic carbocycles. The number of ether oxygens (including phenoxy) is 1. The number of aryl methyl sites for hydroxylation is 1. The van der Waals surface area contributed by atoms with Gasteiger partial charge in [-0.3, -0.25) is 14.9 Å². The van der Waals surface area contributed by atoms with Crippen LogP contribution in [0.15, 0.2) is 65.1 Å². The number of nitrogens with zero attached hydrogens (tertiary/aromatic N) is 1. The van der Waals surface area contributed by atoms with Gasteiger partial charge in [0.05, 0.1) is 16.4 Å². The van der Waals surface area contributed by atoms with Crippen LogP contribution >= 0.6 is 45.8 Å². The van der Waals surface area contributed by atoms with E-state index in [2.05, 4.69) is 5.32 Å². The van der Waals surface area contributed by atoms with Crippen LogP contribution in [0.3, 0.4) is 0 Å². The van der Waals surface area contributed by atoms with Crippen molar-refractivity contribution in [2.75, 3.05) is 12.0 Å². The molecule has 38 heavy (non-hydrogen) atoms. The fourth-order valence-corrected chi connectivity index (χ4v) is 5.66. The molecule has 196 valence electrons. The Kier molecular flexibility index (Phi) is 8.02. The molecule has 4 amide bonds. The number of urea groups is 1. The van der Waals surface area contributed by atoms with Crippen LogP contribution in [0, 0.1) is 10.5 Å². The van der Waals surface area contributed by atoms with E-state index in [0.717, 1.165) is 4.90 Å². The number of amides is 4. The van der Waals surface area contributed by atoms with Gasteiger partial charge in [-0.2, -0.15) is 8.42 Å². The number of carbonyl (C=O) groups excluding carboxylic acids is 3. The number of methoxy groups -OCH3 is 1. The summed E-state index contributed by atoms with van der Waals surface area (Å²) in [6, 6.07) is 12.1. The summed E-state index contributed by atoms with van der Waals surface area (Å²) in [5.41, 5.74) is 0.801. The van der Waals surface area contributed by atoms with Gasteiger partial charge in [-0.15, -0.1) is 0 Å². The molecule has 3 aromatic carbocycles. The predicted molar refractivity (Wildman–Crippen MR) is 150 cm³/mol. The maximum absolute atomic E-state index is 13.3. The first kappa shape index (κ1) is 27.9. The molecule has 3 aromatic rings. The quantitative estimate of drug-likeness (QED) is 0.161. The average molecular weight is 687 g/mol. The third-order valence-electron chi connectivity index (χ3n) is 5.37. The Morgan fingerprint density at radius 2 is 1.63 bits per heavy atom. The summed E-state index contributed by atoms with van der Waals surface area (Å²) in [4.78, 5) is 39.1. The van der Waals surface area contributed by atoms with Crippen molar-refractivity contribution in [3.63, 3.8) is 0 Å². The zero-order valence-electron chi connectivity index (χ0n) is 19.6. The summed E-state index contributed by atoms with van der Waals surface area (Å²) in [6.07, 6.45) is 1.26. The highest BCUT2D eigenvalue weighted by molar-refractivity contribution is 14.1. The van der Waals surface area contributed by atoms with Crippen LogP contribution in [-0.2, 0) is 19.7 Å². The van der Waals surface area contributed by atoms with E-state index < -0.39 is 28.0 Å². The van der Waals surface area contributed by atoms with Crippen LogP contribution in [0.2, 0.25) is 10.0 Å². The van der Waals surface area contributed by atoms with Crippen molar-refractivity contribution in [2.45, 2.75) is 11.8 Å². The lowest BCUT2D eigenvalue weighted by atomic mass is 10.1. The highest BCUT2D eigenvalue weighted by atomic mass is 127. The van der Waals surface area contributed by atoms with E-state index in [4.69, 9.17) is 32.1 Å². The lowest BCUT2D eigenvalue weighted by molar-refractivity contribution is -0.122. The molecule has 0 atom stereocenters. The van der Waals surface area contributed by atoms with E-state index in [1.165, 1.54) is 55.7 Å². The lowest BCUT2D eigenvalue weighted by Gasteiger charge is -2.27. The zero-order chi connectivity index (χ0) is 27.8. The van der Waals surface area contributed by atoms with Crippen molar-refractivity contribution >= 4 is 85.5 Å². The summed E-state index contributed by atoms with van der Waals surface area (Å²) < 4.78 is 36.6. The minimum Gasteiger partial charge on any atom is -0.493 e. The van der Waals surface area contributed by atoms with Gasteiger partial charge < -0.3 is 8.92 Å². The molecule has 1 heterocycles. The van der Waals surface area contributed by atoms with Crippen LogP contribution in [0.1, 0.15) is 11.1 Å². The summed E-state index contributed by atoms with van der Waals surface area (Å²) in [5.74, 6) is -1.81. The van der Waals surface area contributed by atoms with Crippen molar-refractivity contribution in [1.29, 1.82) is 0 Å². The number of nitrogens with one attached hydrogen (secondary N) is 1. The first-order valence-corrected chi connectivity index (χ1v) is 13.9. The normalized spacial score (nSPS) is 15.0. The van der Waals surface area contributed by atoms with E-state index in [-0.39, 0.29) is 27.7 Å². The minimum absolute atomic E-state index is 0.0311. The number of barbiturate groups is 1. The average Bonchev–Trinajstić information content (AvgIpc) is 2.85. The topological polar surface area (TPSA) is 119 Å². The number of carbonyl (C=O) groups is 3. The summed E-state index contributed by atoms with van der Waals surface area (Å²) in [6.45, 7) is 1.69. The van der Waals surface area contributed by atoms with Gasteiger partial charge in [-0.1, -0.05) is 29.3 Å². The maximum Gasteiger partial charge on any atom is 0.339 e. The Morgan fingerprint density at radius 1 is 0.974 bits per heavy atom. The summed E-state index contributed by atoms with van der Waals surface area (Å²) in [5, 5.41) is 2.82. The van der Waals surface area contributed by atoms with Crippen molar-refractivity contribution in [3.8, 4) is 11.5 Å². The lowest BCUT2D eigenvalue weighted by Crippen LogP contribution is -2.54. The van der Waals surface area contributed by atoms with E-state index in [1.54, 1.807) is 19.1 Å². The number of benzene rings is 3. The monoisotopic (exact) mass is 686 g/mol. The van der Waals surface area contributed by atoms with Crippen LogP contribution < -0.4 is 19.1 Å². The molecule has 1 aliphatic rings. The van der Waals surface area contributed by atoms with Crippen molar-refractivity contribution in [3.05, 3.63) is 84.9 Å². The molecule has 4 rings (SSSR count). The highest BCUT2D eigenvalue weighted by Gasteiger charge is 2.37. The number of hydrogen-bond acceptors (Lipinski definition) is 7. The largest absolute Gasteiger partial charge is 0.493 e. The fraction of sp³-hybridized carbons (Fsp3) is 0.0800. The van der Waals surface area contributed by atoms with Crippen LogP contribution in [0.25, 0.3) is 6.08 Å². The molecule has 0 radical (unpaired) electrons. The fourth-order valence-electron chi connectivity index (χ4n) is 3.53. The molecule has 1 saturated heterocycles. The van der Waals surface area contributed by atoms with Gasteiger partial charge in [0.15, 0.2) is 11.5 Å². The van der Waals surface area contributed by atoms with Crippen LogP contribution in [-0.4, -0.2) is 33.4 Å². The van der Waals surface area contributed by atoms with Crippen molar-refractivity contribution in [2.24, 2.45) is 0 Å². The van der Waals surface area contributed by atoms with Gasteiger partial charge in [-0.25, -0.2) is 9.69 Å². The Hall–Kier alpha value is -3.13. The van der Waals surface area contributed by atoms with E-state index in [0.29, 0.717) is 24.7 Å². The maximum atomic E-state index is 13.3. The number of anilines is 1. The molecule has 0 spiro atoms. The minimum atomic E-state index is -4.23. The number of halogens is 3. The predicted octanol–water partition coefficient (Wildman–Crippen LogP) is 5.35. The third-order valence-corrected chi connectivity index (χ3v) is 7.90. The van der Waals surface area contributed by atoms with Gasteiger partial charge in [0, 0.05) is 10.0 Å². The number of rotatable bonds is 6. The molecule has 0 saturated carbocycles. The van der Waals surface area contributed by atoms with Gasteiger partial charge in [-0.05, 0) is 95.2 Å². The van der Waals surface area contributed by atoms with Crippen LogP contribution in [0.4, 0.5) is 10.5 Å². The molecule has 1 fully saturated rings. The third kappa shape index (κ3) is 5.65. The molecule has 1 N–H and O–H groups in total. The zero-order valence-corrected chi connectivity index (χ0v) is 24.1. The van der Waals surface area contributed by atoms with Gasteiger partial charge >= 0.3 is 16.1 Å². The van der Waals surface area contributed by atoms with E-state index >= 15 is 0 Å². The molecule has 13 heteroatoms. The molecular weight excluding hydrogens is 670 g/mol. The number of imide groups is 2. The summed E-state index contributed by atoms with van der Waals surface area (Å²) >= 11 is 13.7. The van der Waals surface area contributed by atoms with Gasteiger partial charge in [0.2, 0.25) is 0 Å². The van der Waals surface area contributed by atoms with Crippen molar-refractivity contribution < 1.29 is 31.7 Å². The Bertz CT molecular complexity index is 1620. The van der Waals surface area contributed by atoms with E-state index in [9.17, 15) is 22.8 Å². The number of hydrogen-bond donors (Lipinski definition) is 1. The molecule has 0 bridgehead atoms. The Morgan fingerprint density at radius 3 is 2.29 bits per heavy atom. The molecular formula is C25H17Cl2IN2O7S. The molecule has 0 unspecified atom stereocenters. The van der Waals surface area contributed by atoms with Crippen molar-refractivity contribution in [1.82, 2.24) is 5.32 Å². The molecule has 1 aliphatic heterocycles. The Labute approximate surface area is 241 Å². The SMILES string of the molecule is COc1cc(/C=C2\C(=O)NC(=O)N(c3cc(Cl)ccc3C)C2=O)cc(I)c1OS(=O)(=O)c1ccc(Cl)cc1. The van der Waals surface area contributed by atoms with Gasteiger partial charge in [0.25, 0.3) is 11.8 Å². The first-order valence-electron chi connectivity index (χ1n) is 10.7. The standard InChI is InChI=1S/C25H17Cl2IN2O7S/c1-13-3-4-16(27)12-20(13)30-24(32)18(23(31)29-25(30)33)9-14-10-19(28)22(21(11-14)36-2)37-38(34,35)17-7-5-15(26)6-8-17/h3-12H,1-2H3,(H,29,31,33)/b18-9+. The second-order valence-corrected chi connectivity index (χ2v) is 11.5. The van der Waals surface area contributed by atoms with Crippen LogP contribution in [0.5, 0.6) is 11.5 Å². The smallest absolute Gasteiger partial charge is 0.339 e.